The largest absolute Gasteiger partial charge is 0.502 e. The lowest BCUT2D eigenvalue weighted by atomic mass is 9.97. The average Bonchev–Trinajstić information content (AvgIpc) is 2.39. The molecule has 5 nitrogen and oxygen atoms in total. The summed E-state index contributed by atoms with van der Waals surface area (Å²) in [4.78, 5) is 6.61. The fourth-order valence-electron chi connectivity index (χ4n) is 1.89. The molecule has 19 heavy (non-hydrogen) atoms. The zero-order chi connectivity index (χ0) is 14.1. The minimum absolute atomic E-state index is 0.0592. The van der Waals surface area contributed by atoms with Crippen LogP contribution < -0.4 is 5.32 Å². The molecule has 1 fully saturated rings. The van der Waals surface area contributed by atoms with Gasteiger partial charge in [-0.2, -0.15) is 13.2 Å². The molecule has 0 bridgehead atoms. The molecule has 0 aromatic carbocycles. The van der Waals surface area contributed by atoms with Gasteiger partial charge < -0.3 is 5.32 Å². The van der Waals surface area contributed by atoms with Crippen LogP contribution in [-0.2, 0) is 9.84 Å². The molecule has 0 atom stereocenters. The average molecular weight is 295 g/mol. The number of sulfone groups is 1. The van der Waals surface area contributed by atoms with Gasteiger partial charge in [-0.05, 0) is 25.9 Å². The third kappa shape index (κ3) is 2.86. The summed E-state index contributed by atoms with van der Waals surface area (Å²) in [5.41, 5.74) is -5.33. The minimum atomic E-state index is -5.36. The molecule has 0 unspecified atom stereocenters. The molecule has 1 aliphatic rings. The summed E-state index contributed by atoms with van der Waals surface area (Å²) in [6.45, 7) is 1.58. The predicted octanol–water partition coefficient (Wildman–Crippen LogP) is 1.24. The van der Waals surface area contributed by atoms with Gasteiger partial charge in [0.1, 0.15) is 10.7 Å². The molecular formula is C10H12F3N3O2S. The summed E-state index contributed by atoms with van der Waals surface area (Å²) in [7, 11) is -5.36. The van der Waals surface area contributed by atoms with E-state index in [0.29, 0.717) is 5.82 Å². The number of rotatable bonds is 2. The number of nitrogens with one attached hydrogen (secondary N) is 1. The van der Waals surface area contributed by atoms with Crippen LogP contribution in [0.3, 0.4) is 0 Å². The first-order valence-corrected chi connectivity index (χ1v) is 7.14. The molecule has 0 spiro atoms. The number of alkyl halides is 3. The SMILES string of the molecule is O=S(=O)(c1cnc(C2CCNCC2)nc1)C(F)(F)F. The Hall–Kier alpha value is -1.22. The van der Waals surface area contributed by atoms with E-state index in [0.717, 1.165) is 38.3 Å². The van der Waals surface area contributed by atoms with Gasteiger partial charge >= 0.3 is 5.51 Å². The van der Waals surface area contributed by atoms with Crippen LogP contribution in [0, 0.1) is 0 Å². The zero-order valence-corrected chi connectivity index (χ0v) is 10.6. The van der Waals surface area contributed by atoms with Crippen LogP contribution in [0.4, 0.5) is 13.2 Å². The Morgan fingerprint density at radius 2 is 1.68 bits per heavy atom. The van der Waals surface area contributed by atoms with Crippen LogP contribution in [0.2, 0.25) is 0 Å². The van der Waals surface area contributed by atoms with Gasteiger partial charge in [0.2, 0.25) is 0 Å². The minimum Gasteiger partial charge on any atom is -0.317 e. The predicted molar refractivity (Wildman–Crippen MR) is 60.1 cm³/mol. The van der Waals surface area contributed by atoms with Gasteiger partial charge in [0.05, 0.1) is 0 Å². The lowest BCUT2D eigenvalue weighted by Gasteiger charge is -2.21. The zero-order valence-electron chi connectivity index (χ0n) is 9.81. The van der Waals surface area contributed by atoms with E-state index in [1.807, 2.05) is 0 Å². The van der Waals surface area contributed by atoms with E-state index in [9.17, 15) is 21.6 Å². The second-order valence-electron chi connectivity index (χ2n) is 4.25. The summed E-state index contributed by atoms with van der Waals surface area (Å²) < 4.78 is 59.2. The van der Waals surface area contributed by atoms with Gasteiger partial charge in [-0.15, -0.1) is 0 Å². The number of halogens is 3. The third-order valence-corrected chi connectivity index (χ3v) is 4.41. The Morgan fingerprint density at radius 3 is 2.16 bits per heavy atom. The van der Waals surface area contributed by atoms with E-state index in [4.69, 9.17) is 0 Å². The Kier molecular flexibility index (Phi) is 3.77. The van der Waals surface area contributed by atoms with Crippen molar-refractivity contribution >= 4 is 9.84 Å². The summed E-state index contributed by atoms with van der Waals surface area (Å²) in [6.07, 6.45) is 3.02. The number of aromatic nitrogens is 2. The molecule has 106 valence electrons. The van der Waals surface area contributed by atoms with Crippen molar-refractivity contribution in [3.63, 3.8) is 0 Å². The second kappa shape index (κ2) is 5.04. The molecule has 0 aliphatic carbocycles. The maximum absolute atomic E-state index is 12.3. The van der Waals surface area contributed by atoms with E-state index in [1.165, 1.54) is 0 Å². The monoisotopic (exact) mass is 295 g/mol. The van der Waals surface area contributed by atoms with Crippen molar-refractivity contribution in [2.24, 2.45) is 0 Å². The van der Waals surface area contributed by atoms with Crippen LogP contribution in [0.15, 0.2) is 17.3 Å². The molecule has 1 aliphatic heterocycles. The van der Waals surface area contributed by atoms with Crippen molar-refractivity contribution < 1.29 is 21.6 Å². The first-order chi connectivity index (χ1) is 8.82. The number of piperidine rings is 1. The molecule has 9 heteroatoms. The van der Waals surface area contributed by atoms with Crippen LogP contribution in [0.5, 0.6) is 0 Å². The topological polar surface area (TPSA) is 72.0 Å². The maximum atomic E-state index is 12.3. The van der Waals surface area contributed by atoms with Crippen molar-refractivity contribution in [3.8, 4) is 0 Å². The lowest BCUT2D eigenvalue weighted by Crippen LogP contribution is -2.28. The summed E-state index contributed by atoms with van der Waals surface area (Å²) >= 11 is 0. The fraction of sp³-hybridized carbons (Fsp3) is 0.600. The van der Waals surface area contributed by atoms with Crippen molar-refractivity contribution in [3.05, 3.63) is 18.2 Å². The Morgan fingerprint density at radius 1 is 1.16 bits per heavy atom. The molecule has 2 heterocycles. The Balaban J connectivity index is 2.23. The fourth-order valence-corrected chi connectivity index (χ4v) is 2.54. The molecule has 0 saturated carbocycles. The van der Waals surface area contributed by atoms with E-state index in [2.05, 4.69) is 15.3 Å². The van der Waals surface area contributed by atoms with Crippen molar-refractivity contribution in [2.75, 3.05) is 13.1 Å². The van der Waals surface area contributed by atoms with Gasteiger partial charge in [0, 0.05) is 18.3 Å². The lowest BCUT2D eigenvalue weighted by molar-refractivity contribution is -0.0436. The molecule has 0 radical (unpaired) electrons. The smallest absolute Gasteiger partial charge is 0.317 e. The second-order valence-corrected chi connectivity index (χ2v) is 6.19. The summed E-state index contributed by atoms with van der Waals surface area (Å²) in [5.74, 6) is 0.450. The highest BCUT2D eigenvalue weighted by molar-refractivity contribution is 7.92. The summed E-state index contributed by atoms with van der Waals surface area (Å²) in [5, 5.41) is 3.14. The highest BCUT2D eigenvalue weighted by Crippen LogP contribution is 2.30. The van der Waals surface area contributed by atoms with Gasteiger partial charge in [0.25, 0.3) is 9.84 Å². The Labute approximate surface area is 108 Å². The van der Waals surface area contributed by atoms with E-state index >= 15 is 0 Å². The third-order valence-electron chi connectivity index (χ3n) is 2.97. The number of hydrogen-bond donors (Lipinski definition) is 1. The van der Waals surface area contributed by atoms with Crippen molar-refractivity contribution in [1.82, 2.24) is 15.3 Å². The molecule has 1 N–H and O–H groups in total. The van der Waals surface area contributed by atoms with Gasteiger partial charge in [0.15, 0.2) is 0 Å². The molecule has 1 saturated heterocycles. The van der Waals surface area contributed by atoms with Gasteiger partial charge in [-0.1, -0.05) is 0 Å². The van der Waals surface area contributed by atoms with Gasteiger partial charge in [-0.3, -0.25) is 0 Å². The van der Waals surface area contributed by atoms with Crippen LogP contribution >= 0.6 is 0 Å². The quantitative estimate of drug-likeness (QED) is 0.888. The van der Waals surface area contributed by atoms with Crippen LogP contribution in [-0.4, -0.2) is 37.0 Å². The molecule has 2 rings (SSSR count). The normalized spacial score (nSPS) is 18.5. The highest BCUT2D eigenvalue weighted by atomic mass is 32.2. The standard InChI is InChI=1S/C10H12F3N3O2S/c11-10(12,13)19(17,18)8-5-15-9(16-6-8)7-1-3-14-4-2-7/h5-7,14H,1-4H2. The molecular weight excluding hydrogens is 283 g/mol. The maximum Gasteiger partial charge on any atom is 0.502 e. The molecule has 1 aromatic heterocycles. The van der Waals surface area contributed by atoms with Crippen LogP contribution in [0.1, 0.15) is 24.6 Å². The molecule has 1 aromatic rings. The van der Waals surface area contributed by atoms with Crippen molar-refractivity contribution in [1.29, 1.82) is 0 Å². The first kappa shape index (κ1) is 14.2. The van der Waals surface area contributed by atoms with Crippen LogP contribution in [0.25, 0.3) is 0 Å². The highest BCUT2D eigenvalue weighted by Gasteiger charge is 2.47. The van der Waals surface area contributed by atoms with E-state index in [1.54, 1.807) is 0 Å². The summed E-state index contributed by atoms with van der Waals surface area (Å²) in [6, 6.07) is 0. The Bertz CT molecular complexity index is 536. The van der Waals surface area contributed by atoms with Gasteiger partial charge in [-0.25, -0.2) is 18.4 Å². The van der Waals surface area contributed by atoms with Crippen molar-refractivity contribution in [2.45, 2.75) is 29.2 Å². The number of nitrogens with zero attached hydrogens (tertiary/aromatic N) is 2. The van der Waals surface area contributed by atoms with E-state index in [-0.39, 0.29) is 5.92 Å². The number of hydrogen-bond acceptors (Lipinski definition) is 5. The molecule has 0 amide bonds. The first-order valence-electron chi connectivity index (χ1n) is 5.66. The van der Waals surface area contributed by atoms with E-state index < -0.39 is 20.2 Å².